The highest BCUT2D eigenvalue weighted by Gasteiger charge is 2.45. The number of hydrogen-bond acceptors (Lipinski definition) is 6. The number of fused-ring (bicyclic) bond motifs is 4. The van der Waals surface area contributed by atoms with Crippen LogP contribution in [-0.2, 0) is 22.3 Å². The fourth-order valence-electron chi connectivity index (χ4n) is 5.83. The van der Waals surface area contributed by atoms with Crippen molar-refractivity contribution in [2.75, 3.05) is 20.3 Å². The first-order valence-corrected chi connectivity index (χ1v) is 18.8. The summed E-state index contributed by atoms with van der Waals surface area (Å²) in [7, 11) is -0.521. The average Bonchev–Trinajstić information content (AvgIpc) is 3.19. The van der Waals surface area contributed by atoms with Crippen LogP contribution in [0.25, 0.3) is 0 Å². The monoisotopic (exact) mass is 667 g/mol. The summed E-state index contributed by atoms with van der Waals surface area (Å²) in [4.78, 5) is 43.7. The summed E-state index contributed by atoms with van der Waals surface area (Å²) in [6, 6.07) is 11.6. The molecule has 2 amide bonds. The van der Waals surface area contributed by atoms with Crippen LogP contribution < -0.4 is 15.5 Å². The number of hydrogen-bond donors (Lipinski definition) is 1. The zero-order valence-corrected chi connectivity index (χ0v) is 28.8. The molecule has 3 aromatic rings. The summed E-state index contributed by atoms with van der Waals surface area (Å²) >= 11 is 0. The van der Waals surface area contributed by atoms with Crippen LogP contribution in [0.2, 0.25) is 18.1 Å². The molecule has 0 unspecified atom stereocenters. The number of nitrogens with one attached hydrogen (secondary N) is 1. The lowest BCUT2D eigenvalue weighted by molar-refractivity contribution is 0.0296. The van der Waals surface area contributed by atoms with Gasteiger partial charge < -0.3 is 28.7 Å². The van der Waals surface area contributed by atoms with Crippen molar-refractivity contribution in [2.45, 2.75) is 83.1 Å². The van der Waals surface area contributed by atoms with Crippen LogP contribution >= 0.6 is 0 Å². The molecule has 2 bridgehead atoms. The van der Waals surface area contributed by atoms with Gasteiger partial charge in [0.2, 0.25) is 5.43 Å². The molecule has 3 heterocycles. The molecule has 0 saturated carbocycles. The van der Waals surface area contributed by atoms with Crippen LogP contribution in [-0.4, -0.2) is 62.0 Å². The lowest BCUT2D eigenvalue weighted by Crippen LogP contribution is -2.52. The van der Waals surface area contributed by atoms with Crippen molar-refractivity contribution >= 4 is 20.1 Å². The van der Waals surface area contributed by atoms with E-state index in [4.69, 9.17) is 13.9 Å². The van der Waals surface area contributed by atoms with Crippen molar-refractivity contribution < 1.29 is 32.3 Å². The molecule has 3 atom stereocenters. The van der Waals surface area contributed by atoms with Crippen molar-refractivity contribution in [2.24, 2.45) is 0 Å². The van der Waals surface area contributed by atoms with E-state index in [2.05, 4.69) is 39.2 Å². The maximum atomic E-state index is 14.4. The molecule has 1 aromatic heterocycles. The second-order valence-corrected chi connectivity index (χ2v) is 18.6. The molecular weight excluding hydrogens is 624 g/mol. The molecule has 0 radical (unpaired) electrons. The van der Waals surface area contributed by atoms with E-state index >= 15 is 0 Å². The van der Waals surface area contributed by atoms with E-state index in [1.54, 1.807) is 16.6 Å². The van der Waals surface area contributed by atoms with Gasteiger partial charge in [-0.1, -0.05) is 57.2 Å². The van der Waals surface area contributed by atoms with Crippen LogP contribution in [0.4, 0.5) is 8.78 Å². The molecule has 47 heavy (non-hydrogen) atoms. The van der Waals surface area contributed by atoms with E-state index in [9.17, 15) is 23.2 Å². The van der Waals surface area contributed by atoms with Gasteiger partial charge in [0.1, 0.15) is 23.8 Å². The SMILES string of the molecule is CO[C@H]1CC[C@H](CO[Si](C)(C)C(C)(C)C)N2C[C@H]1n1cc(C(=O)NCc3ccc(F)cc3F)c(=O)c(OCc3ccccc3)c1C2=O. The maximum Gasteiger partial charge on any atom is 0.274 e. The minimum atomic E-state index is -2.13. The molecule has 5 rings (SSSR count). The van der Waals surface area contributed by atoms with Gasteiger partial charge in [0.25, 0.3) is 11.8 Å². The summed E-state index contributed by atoms with van der Waals surface area (Å²) in [5.41, 5.74) is -0.162. The van der Waals surface area contributed by atoms with Crippen LogP contribution in [0, 0.1) is 11.6 Å². The Morgan fingerprint density at radius 1 is 1.06 bits per heavy atom. The molecule has 2 aliphatic heterocycles. The fraction of sp³-hybridized carbons (Fsp3) is 0.457. The Balaban J connectivity index is 1.55. The number of aromatic nitrogens is 1. The molecule has 9 nitrogen and oxygen atoms in total. The van der Waals surface area contributed by atoms with Gasteiger partial charge in [-0.3, -0.25) is 14.4 Å². The normalized spacial score (nSPS) is 19.6. The molecule has 1 saturated heterocycles. The average molecular weight is 668 g/mol. The maximum absolute atomic E-state index is 14.4. The van der Waals surface area contributed by atoms with E-state index in [0.29, 0.717) is 26.0 Å². The predicted octanol–water partition coefficient (Wildman–Crippen LogP) is 5.83. The molecule has 2 aromatic carbocycles. The largest absolute Gasteiger partial charge is 0.483 e. The van der Waals surface area contributed by atoms with Crippen molar-refractivity contribution in [3.8, 4) is 5.75 Å². The number of nitrogens with zero attached hydrogens (tertiary/aromatic N) is 2. The third-order valence-corrected chi connectivity index (χ3v) is 14.2. The molecule has 1 fully saturated rings. The van der Waals surface area contributed by atoms with E-state index < -0.39 is 37.3 Å². The Bertz CT molecular complexity index is 1690. The van der Waals surface area contributed by atoms with Gasteiger partial charge in [-0.15, -0.1) is 0 Å². The number of ether oxygens (including phenoxy) is 2. The predicted molar refractivity (Wildman–Crippen MR) is 176 cm³/mol. The number of rotatable bonds is 10. The van der Waals surface area contributed by atoms with Gasteiger partial charge in [-0.05, 0) is 42.6 Å². The molecule has 252 valence electrons. The third-order valence-electron chi connectivity index (χ3n) is 9.72. The van der Waals surface area contributed by atoms with E-state index in [0.717, 1.165) is 17.7 Å². The number of amides is 2. The smallest absolute Gasteiger partial charge is 0.274 e. The van der Waals surface area contributed by atoms with E-state index in [1.165, 1.54) is 12.3 Å². The Labute approximate surface area is 275 Å². The van der Waals surface area contributed by atoms with Crippen LogP contribution in [0.15, 0.2) is 59.5 Å². The van der Waals surface area contributed by atoms with Gasteiger partial charge in [-0.25, -0.2) is 8.78 Å². The van der Waals surface area contributed by atoms with Crippen molar-refractivity contribution in [3.63, 3.8) is 0 Å². The zero-order chi connectivity index (χ0) is 34.1. The lowest BCUT2D eigenvalue weighted by Gasteiger charge is -2.42. The Morgan fingerprint density at radius 3 is 2.45 bits per heavy atom. The van der Waals surface area contributed by atoms with Gasteiger partial charge in [0.05, 0.1) is 24.8 Å². The second kappa shape index (κ2) is 13.7. The summed E-state index contributed by atoms with van der Waals surface area (Å²) < 4.78 is 48.0. The number of halogens is 2. The number of benzene rings is 2. The van der Waals surface area contributed by atoms with E-state index in [1.807, 2.05) is 30.3 Å². The van der Waals surface area contributed by atoms with Gasteiger partial charge in [0.15, 0.2) is 19.8 Å². The summed E-state index contributed by atoms with van der Waals surface area (Å²) in [5, 5.41) is 2.55. The second-order valence-electron chi connectivity index (χ2n) is 13.8. The van der Waals surface area contributed by atoms with Crippen LogP contribution in [0.1, 0.15) is 71.6 Å². The number of pyridine rings is 1. The fourth-order valence-corrected chi connectivity index (χ4v) is 6.88. The Kier molecular flexibility index (Phi) is 10.0. The highest BCUT2D eigenvalue weighted by molar-refractivity contribution is 6.74. The zero-order valence-electron chi connectivity index (χ0n) is 27.8. The minimum absolute atomic E-state index is 0.0148. The lowest BCUT2D eigenvalue weighted by atomic mass is 10.0. The van der Waals surface area contributed by atoms with Crippen molar-refractivity contribution in [3.05, 3.63) is 99.0 Å². The quantitative estimate of drug-likeness (QED) is 0.273. The Hall–Kier alpha value is -3.87. The number of carbonyl (C=O) groups excluding carboxylic acids is 2. The van der Waals surface area contributed by atoms with Crippen molar-refractivity contribution in [1.82, 2.24) is 14.8 Å². The van der Waals surface area contributed by atoms with E-state index in [-0.39, 0.29) is 58.8 Å². The Morgan fingerprint density at radius 2 is 1.79 bits per heavy atom. The highest BCUT2D eigenvalue weighted by Crippen LogP contribution is 2.39. The molecular formula is C35H43F2N3O6Si. The first-order chi connectivity index (χ1) is 22.2. The molecule has 12 heteroatoms. The number of carbonyl (C=O) groups is 2. The number of methoxy groups -OCH3 is 1. The minimum Gasteiger partial charge on any atom is -0.483 e. The molecule has 0 spiro atoms. The standard InChI is InChI=1S/C35H43F2N3O6Si/c1-35(2,3)47(5,6)46-21-25-14-15-29(44-4)28-19-39(25)34(43)30-32(45-20-22-10-8-7-9-11-22)31(41)26(18-40(28)30)33(42)38-17-23-12-13-24(36)16-27(23)37/h7-13,16,18,25,28-29H,14-15,17,19-21H2,1-6H3,(H,38,42)/t25-,28-,29+/m1/s1. The molecule has 2 aliphatic rings. The van der Waals surface area contributed by atoms with Crippen LogP contribution in [0.3, 0.4) is 0 Å². The van der Waals surface area contributed by atoms with Crippen LogP contribution in [0.5, 0.6) is 5.75 Å². The molecule has 1 N–H and O–H groups in total. The van der Waals surface area contributed by atoms with Crippen molar-refractivity contribution in [1.29, 1.82) is 0 Å². The molecule has 0 aliphatic carbocycles. The first kappa shape index (κ1) is 34.5. The van der Waals surface area contributed by atoms with Gasteiger partial charge in [0, 0.05) is 38.0 Å². The van der Waals surface area contributed by atoms with Gasteiger partial charge >= 0.3 is 0 Å². The van der Waals surface area contributed by atoms with Gasteiger partial charge in [-0.2, -0.15) is 0 Å². The highest BCUT2D eigenvalue weighted by atomic mass is 28.4. The third kappa shape index (κ3) is 7.19. The first-order valence-electron chi connectivity index (χ1n) is 15.9. The summed E-state index contributed by atoms with van der Waals surface area (Å²) in [6.45, 7) is 11.2. The topological polar surface area (TPSA) is 99.1 Å². The summed E-state index contributed by atoms with van der Waals surface area (Å²) in [6.07, 6.45) is 2.29. The summed E-state index contributed by atoms with van der Waals surface area (Å²) in [5.74, 6) is -2.97.